The molecule has 38 heavy (non-hydrogen) atoms. The smallest absolute Gasteiger partial charge is 0.0396 e. The lowest BCUT2D eigenvalue weighted by atomic mass is 9.29. The summed E-state index contributed by atoms with van der Waals surface area (Å²) >= 11 is 0. The largest absolute Gasteiger partial charge is 0.399 e. The van der Waals surface area contributed by atoms with Crippen LogP contribution in [0.3, 0.4) is 0 Å². The Labute approximate surface area is 225 Å². The number of nitrogens with two attached hydrogens (primary N) is 4. The molecule has 0 heterocycles. The van der Waals surface area contributed by atoms with Gasteiger partial charge in [-0.05, 0) is 115 Å². The third-order valence-electron chi connectivity index (χ3n) is 10.3. The maximum atomic E-state index is 6.28. The minimum atomic E-state index is -0.332. The Morgan fingerprint density at radius 3 is 0.947 bits per heavy atom. The molecule has 4 fully saturated rings. The van der Waals surface area contributed by atoms with Gasteiger partial charge in [0.05, 0.1) is 0 Å². The molecule has 0 saturated heterocycles. The lowest BCUT2D eigenvalue weighted by molar-refractivity contribution is -0.0904. The topological polar surface area (TPSA) is 104 Å². The van der Waals surface area contributed by atoms with E-state index in [1.54, 1.807) is 0 Å². The molecule has 0 atom stereocenters. The van der Waals surface area contributed by atoms with Gasteiger partial charge in [-0.15, -0.1) is 0 Å². The van der Waals surface area contributed by atoms with Crippen LogP contribution in [-0.2, 0) is 16.2 Å². The second kappa shape index (κ2) is 8.04. The Balaban J connectivity index is 1.65. The molecular weight excluding hydrogens is 464 g/mol. The highest BCUT2D eigenvalue weighted by Gasteiger charge is 2.73. The average Bonchev–Trinajstić information content (AvgIpc) is 2.91. The molecule has 8 rings (SSSR count). The molecule has 8 N–H and O–H groups in total. The van der Waals surface area contributed by atoms with Crippen LogP contribution in [0.2, 0.25) is 0 Å². The quantitative estimate of drug-likeness (QED) is 0.243. The van der Waals surface area contributed by atoms with Crippen LogP contribution in [0.15, 0.2) is 97.1 Å². The third-order valence-corrected chi connectivity index (χ3v) is 10.3. The first-order chi connectivity index (χ1) is 18.4. The molecule has 0 aromatic heterocycles. The molecule has 4 aromatic rings. The van der Waals surface area contributed by atoms with Gasteiger partial charge in [0.2, 0.25) is 0 Å². The van der Waals surface area contributed by atoms with Gasteiger partial charge in [0, 0.05) is 39.0 Å². The summed E-state index contributed by atoms with van der Waals surface area (Å²) in [5.74, 6) is 1.32. The molecule has 4 aromatic carbocycles. The van der Waals surface area contributed by atoms with E-state index in [0.29, 0.717) is 11.8 Å². The van der Waals surface area contributed by atoms with E-state index < -0.39 is 0 Å². The molecule has 0 aliphatic heterocycles. The second-order valence-electron chi connectivity index (χ2n) is 12.2. The van der Waals surface area contributed by atoms with Crippen LogP contribution in [0.25, 0.3) is 0 Å². The highest BCUT2D eigenvalue weighted by atomic mass is 14.8. The summed E-state index contributed by atoms with van der Waals surface area (Å²) < 4.78 is 0. The molecule has 4 saturated carbocycles. The van der Waals surface area contributed by atoms with Gasteiger partial charge >= 0.3 is 0 Å². The first-order valence-electron chi connectivity index (χ1n) is 13.8. The number of hydrogen-bond acceptors (Lipinski definition) is 4. The molecule has 4 bridgehead atoms. The van der Waals surface area contributed by atoms with Gasteiger partial charge in [0.25, 0.3) is 0 Å². The number of anilines is 4. The van der Waals surface area contributed by atoms with E-state index in [-0.39, 0.29) is 16.2 Å². The highest BCUT2D eigenvalue weighted by molar-refractivity contribution is 5.62. The highest BCUT2D eigenvalue weighted by Crippen LogP contribution is 2.76. The Hall–Kier alpha value is -3.92. The second-order valence-corrected chi connectivity index (χ2v) is 12.2. The van der Waals surface area contributed by atoms with Gasteiger partial charge in [0.15, 0.2) is 0 Å². The van der Waals surface area contributed by atoms with Gasteiger partial charge in [0.1, 0.15) is 0 Å². The molecular formula is C34H36N4. The number of nitrogen functional groups attached to an aromatic ring is 4. The minimum absolute atomic E-state index is 0.113. The van der Waals surface area contributed by atoms with Gasteiger partial charge < -0.3 is 22.9 Å². The van der Waals surface area contributed by atoms with Crippen molar-refractivity contribution in [3.8, 4) is 0 Å². The van der Waals surface area contributed by atoms with Crippen molar-refractivity contribution in [1.82, 2.24) is 0 Å². The van der Waals surface area contributed by atoms with Crippen LogP contribution in [0.5, 0.6) is 0 Å². The molecule has 4 nitrogen and oxygen atoms in total. The SMILES string of the molecule is Nc1ccc(C23CC4CC(C2)CC(c2ccc(N)cc2)(C4)C3(c2ccc(N)cc2)c2ccc(N)cc2)cc1. The zero-order chi connectivity index (χ0) is 26.1. The van der Waals surface area contributed by atoms with E-state index in [1.807, 2.05) is 0 Å². The summed E-state index contributed by atoms with van der Waals surface area (Å²) in [5.41, 5.74) is 33.1. The van der Waals surface area contributed by atoms with E-state index in [4.69, 9.17) is 22.9 Å². The first-order valence-corrected chi connectivity index (χ1v) is 13.8. The van der Waals surface area contributed by atoms with Crippen molar-refractivity contribution in [3.63, 3.8) is 0 Å². The predicted molar refractivity (Wildman–Crippen MR) is 158 cm³/mol. The molecule has 0 unspecified atom stereocenters. The monoisotopic (exact) mass is 500 g/mol. The van der Waals surface area contributed by atoms with E-state index in [0.717, 1.165) is 48.4 Å². The Bertz CT molecular complexity index is 1340. The minimum Gasteiger partial charge on any atom is -0.399 e. The van der Waals surface area contributed by atoms with Gasteiger partial charge in [-0.3, -0.25) is 0 Å². The first kappa shape index (κ1) is 23.2. The van der Waals surface area contributed by atoms with Crippen LogP contribution >= 0.6 is 0 Å². The zero-order valence-corrected chi connectivity index (χ0v) is 21.7. The van der Waals surface area contributed by atoms with Crippen molar-refractivity contribution in [2.24, 2.45) is 11.8 Å². The van der Waals surface area contributed by atoms with Crippen LogP contribution in [0.1, 0.15) is 54.4 Å². The molecule has 4 aliphatic carbocycles. The van der Waals surface area contributed by atoms with E-state index >= 15 is 0 Å². The maximum Gasteiger partial charge on any atom is 0.0396 e. The molecule has 4 aliphatic rings. The average molecular weight is 501 g/mol. The summed E-state index contributed by atoms with van der Waals surface area (Å²) in [6, 6.07) is 35.0. The molecule has 0 spiro atoms. The number of benzene rings is 4. The summed E-state index contributed by atoms with van der Waals surface area (Å²) in [6.45, 7) is 0. The fourth-order valence-corrected chi connectivity index (χ4v) is 9.40. The van der Waals surface area contributed by atoms with Crippen molar-refractivity contribution < 1.29 is 0 Å². The van der Waals surface area contributed by atoms with Crippen molar-refractivity contribution >= 4 is 22.7 Å². The standard InChI is InChI=1S/C34H36N4/c35-28-9-1-24(2-10-28)32-18-22-17-23(19-32)21-33(20-22,25-3-11-29(36)12-4-25)34(32,26-5-13-30(37)14-6-26)27-7-15-31(38)16-8-27/h1-16,22-23H,17-21,35-38H2. The van der Waals surface area contributed by atoms with Gasteiger partial charge in [-0.25, -0.2) is 0 Å². The Morgan fingerprint density at radius 2 is 0.658 bits per heavy atom. The third kappa shape index (κ3) is 2.97. The van der Waals surface area contributed by atoms with Crippen molar-refractivity contribution in [3.05, 3.63) is 119 Å². The normalized spacial score (nSPS) is 28.8. The predicted octanol–water partition coefficient (Wildman–Crippen LogP) is 6.40. The van der Waals surface area contributed by atoms with Crippen LogP contribution in [0, 0.1) is 11.8 Å². The van der Waals surface area contributed by atoms with Crippen LogP contribution in [-0.4, -0.2) is 0 Å². The number of hydrogen-bond donors (Lipinski definition) is 4. The fraction of sp³-hybridized carbons (Fsp3) is 0.294. The Kier molecular flexibility index (Phi) is 4.91. The summed E-state index contributed by atoms with van der Waals surface area (Å²) in [4.78, 5) is 0. The Morgan fingerprint density at radius 1 is 0.395 bits per heavy atom. The molecule has 0 amide bonds. The summed E-state index contributed by atoms with van der Waals surface area (Å²) in [6.07, 6.45) is 5.92. The van der Waals surface area contributed by atoms with E-state index in [2.05, 4.69) is 97.1 Å². The van der Waals surface area contributed by atoms with Crippen molar-refractivity contribution in [2.75, 3.05) is 22.9 Å². The molecule has 192 valence electrons. The molecule has 4 heteroatoms. The van der Waals surface area contributed by atoms with Crippen molar-refractivity contribution in [2.45, 2.75) is 48.3 Å². The van der Waals surface area contributed by atoms with Crippen molar-refractivity contribution in [1.29, 1.82) is 0 Å². The van der Waals surface area contributed by atoms with E-state index in [1.165, 1.54) is 28.7 Å². The lowest BCUT2D eigenvalue weighted by Crippen LogP contribution is -2.72. The summed E-state index contributed by atoms with van der Waals surface area (Å²) in [7, 11) is 0. The molecule has 0 radical (unpaired) electrons. The fourth-order valence-electron chi connectivity index (χ4n) is 9.40. The number of rotatable bonds is 4. The van der Waals surface area contributed by atoms with Crippen LogP contribution < -0.4 is 22.9 Å². The zero-order valence-electron chi connectivity index (χ0n) is 21.7. The van der Waals surface area contributed by atoms with Gasteiger partial charge in [-0.1, -0.05) is 48.5 Å². The lowest BCUT2D eigenvalue weighted by Gasteiger charge is -2.74. The van der Waals surface area contributed by atoms with Gasteiger partial charge in [-0.2, -0.15) is 0 Å². The summed E-state index contributed by atoms with van der Waals surface area (Å²) in [5, 5.41) is 0. The van der Waals surface area contributed by atoms with E-state index in [9.17, 15) is 0 Å². The maximum absolute atomic E-state index is 6.28. The van der Waals surface area contributed by atoms with Crippen LogP contribution in [0.4, 0.5) is 22.7 Å².